The lowest BCUT2D eigenvalue weighted by molar-refractivity contribution is -0.189. The van der Waals surface area contributed by atoms with Crippen LogP contribution >= 0.6 is 0 Å². The number of ether oxygens (including phenoxy) is 4. The Morgan fingerprint density at radius 2 is 1.72 bits per heavy atom. The molecule has 9 aliphatic rings. The van der Waals surface area contributed by atoms with Crippen molar-refractivity contribution >= 4 is 70.3 Å². The van der Waals surface area contributed by atoms with Crippen LogP contribution in [0, 0.1) is 24.7 Å². The zero-order valence-corrected chi connectivity index (χ0v) is 50.4. The fourth-order valence-corrected chi connectivity index (χ4v) is 15.3. The molecule has 18 nitrogen and oxygen atoms in total. The van der Waals surface area contributed by atoms with Gasteiger partial charge in [-0.15, -0.1) is 0 Å². The number of aromatic amines is 1. The molecule has 4 unspecified atom stereocenters. The van der Waals surface area contributed by atoms with Crippen molar-refractivity contribution in [3.63, 3.8) is 0 Å². The topological polar surface area (TPSA) is 216 Å². The second-order valence-electron chi connectivity index (χ2n) is 24.5. The number of carbonyl (C=O) groups is 5. The maximum atomic E-state index is 14.8. The lowest BCUT2D eigenvalue weighted by Gasteiger charge is -2.39. The van der Waals surface area contributed by atoms with Crippen molar-refractivity contribution < 1.29 is 42.9 Å². The van der Waals surface area contributed by atoms with Crippen molar-refractivity contribution in [2.24, 2.45) is 27.7 Å². The maximum Gasteiger partial charge on any atom is 0.415 e. The minimum Gasteiger partial charge on any atom is -0.468 e. The summed E-state index contributed by atoms with van der Waals surface area (Å²) in [6, 6.07) is 7.38. The third kappa shape index (κ3) is 9.01. The van der Waals surface area contributed by atoms with Crippen LogP contribution in [0.25, 0.3) is 40.5 Å². The van der Waals surface area contributed by atoms with Gasteiger partial charge in [0.05, 0.1) is 59.3 Å². The zero-order valence-electron chi connectivity index (χ0n) is 50.4. The van der Waals surface area contributed by atoms with Crippen molar-refractivity contribution in [1.82, 2.24) is 29.7 Å². The molecule has 13 rings (SSSR count). The van der Waals surface area contributed by atoms with Crippen LogP contribution in [-0.2, 0) is 58.6 Å². The van der Waals surface area contributed by atoms with Crippen LogP contribution in [-0.4, -0.2) is 111 Å². The second-order valence-corrected chi connectivity index (χ2v) is 24.5. The van der Waals surface area contributed by atoms with Crippen LogP contribution in [0.1, 0.15) is 151 Å². The summed E-state index contributed by atoms with van der Waals surface area (Å²) < 4.78 is 25.2. The summed E-state index contributed by atoms with van der Waals surface area (Å²) in [7, 11) is 1.27. The van der Waals surface area contributed by atoms with E-state index in [0.717, 1.165) is 99.5 Å². The molecule has 1 aromatic carbocycles. The number of aliphatic imine (C=N–C) groups is 2. The first-order valence-electron chi connectivity index (χ1n) is 30.8. The minimum atomic E-state index is -1.98. The number of hydrogen-bond acceptors (Lipinski definition) is 15. The van der Waals surface area contributed by atoms with Crippen LogP contribution in [0.4, 0.5) is 4.79 Å². The second kappa shape index (κ2) is 21.9. The molecule has 1 amide bonds. The Labute approximate surface area is 499 Å². The lowest BCUT2D eigenvalue weighted by Crippen LogP contribution is -2.48. The summed E-state index contributed by atoms with van der Waals surface area (Å²) in [6.45, 7) is 21.5. The van der Waals surface area contributed by atoms with Gasteiger partial charge in [-0.25, -0.2) is 14.6 Å². The molecule has 3 aromatic heterocycles. The summed E-state index contributed by atoms with van der Waals surface area (Å²) in [4.78, 5) is 110. The van der Waals surface area contributed by atoms with Crippen molar-refractivity contribution in [3.8, 4) is 17.1 Å². The highest BCUT2D eigenvalue weighted by molar-refractivity contribution is 6.26. The van der Waals surface area contributed by atoms with Crippen molar-refractivity contribution in [3.05, 3.63) is 131 Å². The van der Waals surface area contributed by atoms with E-state index in [2.05, 4.69) is 41.7 Å². The number of ketones is 1. The van der Waals surface area contributed by atoms with Crippen LogP contribution in [0.3, 0.4) is 0 Å². The number of rotatable bonds is 11. The molecule has 8 aliphatic heterocycles. The molecule has 86 heavy (non-hydrogen) atoms. The number of nitrogens with one attached hydrogen (secondary N) is 2. The predicted octanol–water partition coefficient (Wildman–Crippen LogP) is 10.3. The number of carbonyl (C=O) groups excluding carboxylic acids is 5. The lowest BCUT2D eigenvalue weighted by atomic mass is 9.81. The van der Waals surface area contributed by atoms with Crippen molar-refractivity contribution in [2.75, 3.05) is 33.3 Å². The van der Waals surface area contributed by atoms with E-state index in [1.807, 2.05) is 52.0 Å². The average molecular weight is 1160 g/mol. The van der Waals surface area contributed by atoms with Gasteiger partial charge in [0.25, 0.3) is 5.56 Å². The van der Waals surface area contributed by atoms with E-state index in [9.17, 15) is 28.8 Å². The summed E-state index contributed by atoms with van der Waals surface area (Å²) >= 11 is 0. The summed E-state index contributed by atoms with van der Waals surface area (Å²) in [5.41, 5.74) is 12.4. The van der Waals surface area contributed by atoms with Crippen LogP contribution < -0.4 is 15.6 Å². The molecule has 2 saturated heterocycles. The van der Waals surface area contributed by atoms with E-state index < -0.39 is 35.3 Å². The first-order valence-corrected chi connectivity index (χ1v) is 30.8. The molecule has 5 atom stereocenters. The highest BCUT2D eigenvalue weighted by atomic mass is 16.6. The number of piperidine rings is 2. The average Bonchev–Trinajstić information content (AvgIpc) is 1.93. The Hall–Kier alpha value is -8.25. The summed E-state index contributed by atoms with van der Waals surface area (Å²) in [5, 5.41) is 4.48. The quantitative estimate of drug-likeness (QED) is 0.0716. The molecule has 0 saturated carbocycles. The first kappa shape index (κ1) is 56.9. The number of aromatic nitrogens is 3. The van der Waals surface area contributed by atoms with Gasteiger partial charge >= 0.3 is 24.0 Å². The van der Waals surface area contributed by atoms with E-state index >= 15 is 0 Å². The van der Waals surface area contributed by atoms with Gasteiger partial charge < -0.3 is 43.6 Å². The van der Waals surface area contributed by atoms with Gasteiger partial charge in [0.15, 0.2) is 5.78 Å². The van der Waals surface area contributed by atoms with E-state index in [1.54, 1.807) is 28.5 Å². The number of amides is 1. The van der Waals surface area contributed by atoms with Gasteiger partial charge in [0.1, 0.15) is 18.3 Å². The Morgan fingerprint density at radius 3 is 2.44 bits per heavy atom. The molecule has 2 N–H and O–H groups in total. The van der Waals surface area contributed by atoms with Gasteiger partial charge in [0.2, 0.25) is 5.60 Å². The molecule has 0 spiro atoms. The van der Waals surface area contributed by atoms with Crippen molar-refractivity contribution in [2.45, 2.75) is 150 Å². The number of likely N-dealkylation sites (tertiary alicyclic amines) is 2. The number of nitrogens with zero attached hydrogens (tertiary/aromatic N) is 6. The number of Topliss-reactive ketones (excluding diaryl/α,β-unsaturated/α-hetero) is 1. The summed E-state index contributed by atoms with van der Waals surface area (Å²) in [5.74, 6) is -4.37. The molecule has 446 valence electrons. The van der Waals surface area contributed by atoms with Gasteiger partial charge in [-0.3, -0.25) is 29.2 Å². The van der Waals surface area contributed by atoms with Crippen LogP contribution in [0.2, 0.25) is 0 Å². The predicted molar refractivity (Wildman–Crippen MR) is 327 cm³/mol. The summed E-state index contributed by atoms with van der Waals surface area (Å²) in [6.07, 6.45) is 12.9. The van der Waals surface area contributed by atoms with E-state index in [0.29, 0.717) is 82.9 Å². The third-order valence-electron chi connectivity index (χ3n) is 20.2. The number of benzene rings is 1. The molecule has 2 fully saturated rings. The van der Waals surface area contributed by atoms with E-state index in [4.69, 9.17) is 33.9 Å². The standard InChI is InChI=1S/C68H74N8O10/c1-10-40-34(5)49-29-51-36(7)43(61(72-51)58-59(65(80)83-9)63(78)57-37(8)52(73-62(57)58)31-54-41(11-2)35(6)50(70-54)30-53(40)69-49)18-20-56(77)86-68(13-4)47-28-55-60-45(32-76(55)64(79)46(47)33-84-66(68)81)42(12-3)44-27-39(17-19-48(44)71-60)85-67(82)75-25-21-38(22-26-75)74-23-15-14-16-24-74/h10,17,19,27-30,36,38,43,52,59,69,73H,1,11-16,18,20-26,31-33H2,2-9H3/b50-30-,51-29-/t36-,43?,52?,59?,68?/m1/s1. The largest absolute Gasteiger partial charge is 0.468 e. The van der Waals surface area contributed by atoms with Gasteiger partial charge in [-0.2, -0.15) is 0 Å². The number of allylic oxidation sites excluding steroid dienone is 4. The Morgan fingerprint density at radius 1 is 0.942 bits per heavy atom. The van der Waals surface area contributed by atoms with Gasteiger partial charge in [0, 0.05) is 99.8 Å². The number of hydrogen-bond donors (Lipinski definition) is 2. The van der Waals surface area contributed by atoms with E-state index in [1.165, 1.54) is 26.4 Å². The Kier molecular flexibility index (Phi) is 14.5. The SMILES string of the molecule is C=Cc1c2[nH]c(c1C)/C=C1\N=C(C3=C4NC(CC5=N/C(=C\2)C(C)=C5CC)C(C)=C4C(=O)C3C(=O)OC)C(CCC(=O)OC2(CC)C(=O)OCc3c2cc2n(c3=O)Cc3c-2nc2ccc(OC(=O)N4CCC(N5CCCCC5)CC4)cc2c3CC)[C@H]1C. The first-order chi connectivity index (χ1) is 41.5. The molecule has 8 bridgehead atoms. The molecule has 0 radical (unpaired) electrons. The fourth-order valence-electron chi connectivity index (χ4n) is 15.3. The zero-order chi connectivity index (χ0) is 60.2. The van der Waals surface area contributed by atoms with Crippen molar-refractivity contribution in [1.29, 1.82) is 0 Å². The number of methoxy groups -OCH3 is 1. The smallest absolute Gasteiger partial charge is 0.415 e. The molecule has 18 heteroatoms. The molecule has 4 aromatic rings. The van der Waals surface area contributed by atoms with E-state index in [-0.39, 0.29) is 72.9 Å². The number of pyridine rings is 2. The van der Waals surface area contributed by atoms with Crippen LogP contribution in [0.15, 0.2) is 90.6 Å². The monoisotopic (exact) mass is 1160 g/mol. The third-order valence-corrected chi connectivity index (χ3v) is 20.2. The van der Waals surface area contributed by atoms with Crippen LogP contribution in [0.5, 0.6) is 5.75 Å². The Bertz CT molecular complexity index is 3980. The minimum absolute atomic E-state index is 0.0358. The molecular formula is C68H74N8O10. The molecular weight excluding hydrogens is 1090 g/mol. The highest BCUT2D eigenvalue weighted by Gasteiger charge is 2.54. The normalized spacial score (nSPS) is 25.5. The maximum absolute atomic E-state index is 14.8. The number of esters is 3. The fraction of sp³-hybridized carbons (Fsp3) is 0.456. The number of aryl methyl sites for hydroxylation is 1. The Balaban J connectivity index is 0.805. The number of fused-ring (bicyclic) bond motifs is 11. The number of cyclic esters (lactones) is 1. The van der Waals surface area contributed by atoms with Gasteiger partial charge in [-0.05, 0) is 149 Å². The molecule has 1 aliphatic carbocycles. The highest BCUT2D eigenvalue weighted by Crippen LogP contribution is 2.49. The molecule has 11 heterocycles. The van der Waals surface area contributed by atoms with Gasteiger partial charge in [-0.1, -0.05) is 46.8 Å². The number of H-pyrrole nitrogens is 1.